The van der Waals surface area contributed by atoms with Crippen molar-refractivity contribution in [3.63, 3.8) is 0 Å². The first kappa shape index (κ1) is 22.1. The molecule has 0 saturated heterocycles. The molecule has 0 bridgehead atoms. The summed E-state index contributed by atoms with van der Waals surface area (Å²) in [4.78, 5) is 20.5. The number of aromatic nitrogens is 2. The summed E-state index contributed by atoms with van der Waals surface area (Å²) in [6.07, 6.45) is -0.604. The van der Waals surface area contributed by atoms with E-state index in [-0.39, 0.29) is 29.9 Å². The molecule has 1 aliphatic carbocycles. The molecule has 178 valence electrons. The smallest absolute Gasteiger partial charge is 0.413 e. The Morgan fingerprint density at radius 1 is 1.26 bits per heavy atom. The molecule has 5 rings (SSSR count). The van der Waals surface area contributed by atoms with Crippen LogP contribution < -0.4 is 21.1 Å². The summed E-state index contributed by atoms with van der Waals surface area (Å²) in [5.41, 5.74) is 8.26. The second kappa shape index (κ2) is 8.54. The Balaban J connectivity index is 1.42. The Kier molecular flexibility index (Phi) is 5.54. The summed E-state index contributed by atoms with van der Waals surface area (Å²) in [6.45, 7) is 2.95. The molecule has 0 spiro atoms. The van der Waals surface area contributed by atoms with Gasteiger partial charge >= 0.3 is 6.09 Å². The summed E-state index contributed by atoms with van der Waals surface area (Å²) < 4.78 is 51.1. The third-order valence-electron chi connectivity index (χ3n) is 6.23. The van der Waals surface area contributed by atoms with Gasteiger partial charge in [-0.1, -0.05) is 0 Å². The number of nitrogens with zero attached hydrogens (tertiary/aromatic N) is 2. The average molecular weight is 473 g/mol. The molecule has 1 amide bonds. The lowest BCUT2D eigenvalue weighted by Crippen LogP contribution is -2.38. The fraction of sp³-hybridized carbons (Fsp3) is 0.348. The Morgan fingerprint density at radius 3 is 2.82 bits per heavy atom. The molecule has 0 radical (unpaired) electrons. The van der Waals surface area contributed by atoms with Crippen LogP contribution in [0.3, 0.4) is 0 Å². The maximum absolute atomic E-state index is 15.2. The van der Waals surface area contributed by atoms with Gasteiger partial charge in [-0.15, -0.1) is 0 Å². The molecule has 2 aliphatic rings. The van der Waals surface area contributed by atoms with E-state index in [0.29, 0.717) is 41.1 Å². The largest absolute Gasteiger partial charge is 0.474 e. The van der Waals surface area contributed by atoms with Crippen LogP contribution in [-0.4, -0.2) is 41.7 Å². The van der Waals surface area contributed by atoms with Crippen molar-refractivity contribution in [1.29, 1.82) is 0 Å². The quantitative estimate of drug-likeness (QED) is 0.470. The predicted molar refractivity (Wildman–Crippen MR) is 121 cm³/mol. The summed E-state index contributed by atoms with van der Waals surface area (Å²) in [5, 5.41) is 6.63. The van der Waals surface area contributed by atoms with Gasteiger partial charge in [0, 0.05) is 41.4 Å². The number of hydrogen-bond donors (Lipinski definition) is 3. The minimum atomic E-state index is -2.41. The molecule has 1 aromatic carbocycles. The number of nitrogen functional groups attached to an aromatic ring is 1. The molecule has 8 nitrogen and oxygen atoms in total. The molecule has 2 aromatic heterocycles. The molecule has 3 heterocycles. The average Bonchev–Trinajstić information content (AvgIpc) is 2.79. The maximum atomic E-state index is 15.2. The zero-order chi connectivity index (χ0) is 24.0. The molecule has 3 aromatic rings. The van der Waals surface area contributed by atoms with Gasteiger partial charge in [0.15, 0.2) is 5.82 Å². The van der Waals surface area contributed by atoms with Crippen molar-refractivity contribution >= 4 is 34.1 Å². The molecule has 1 aliphatic heterocycles. The Bertz CT molecular complexity index is 1280. The van der Waals surface area contributed by atoms with E-state index in [2.05, 4.69) is 20.6 Å². The Morgan fingerprint density at radius 2 is 2.06 bits per heavy atom. The van der Waals surface area contributed by atoms with E-state index in [1.165, 1.54) is 12.4 Å². The number of halogens is 3. The zero-order valence-corrected chi connectivity index (χ0v) is 18.2. The topological polar surface area (TPSA) is 111 Å². The molecule has 0 unspecified atom stereocenters. The van der Waals surface area contributed by atoms with E-state index in [0.717, 1.165) is 5.56 Å². The van der Waals surface area contributed by atoms with Crippen LogP contribution in [0.4, 0.5) is 35.2 Å². The lowest BCUT2D eigenvalue weighted by Gasteiger charge is -2.33. The van der Waals surface area contributed by atoms with Gasteiger partial charge in [0.1, 0.15) is 24.2 Å². The number of hydrogen-bond acceptors (Lipinski definition) is 7. The van der Waals surface area contributed by atoms with Gasteiger partial charge in [-0.3, -0.25) is 5.32 Å². The fourth-order valence-corrected chi connectivity index (χ4v) is 4.25. The highest BCUT2D eigenvalue weighted by molar-refractivity contribution is 5.99. The second-order valence-electron chi connectivity index (χ2n) is 8.41. The molecule has 11 heteroatoms. The SMILES string of the molecule is Cc1c(-c2cc3cc(NC(=O)O[C@H]4C[C@H](C(F)F)C4)ncc3c(N)c2F)cnc2c1NCCO2. The van der Waals surface area contributed by atoms with Crippen LogP contribution in [0.2, 0.25) is 0 Å². The van der Waals surface area contributed by atoms with Gasteiger partial charge in [0.05, 0.1) is 5.69 Å². The van der Waals surface area contributed by atoms with Crippen LogP contribution in [0.15, 0.2) is 24.5 Å². The highest BCUT2D eigenvalue weighted by atomic mass is 19.3. The van der Waals surface area contributed by atoms with Crippen molar-refractivity contribution in [2.75, 3.05) is 29.5 Å². The van der Waals surface area contributed by atoms with Gasteiger partial charge < -0.3 is 20.5 Å². The molecule has 1 fully saturated rings. The van der Waals surface area contributed by atoms with Crippen LogP contribution in [0, 0.1) is 18.7 Å². The van der Waals surface area contributed by atoms with Crippen molar-refractivity contribution in [2.45, 2.75) is 32.3 Å². The van der Waals surface area contributed by atoms with Crippen molar-refractivity contribution in [3.8, 4) is 17.0 Å². The van der Waals surface area contributed by atoms with E-state index in [1.807, 2.05) is 6.92 Å². The molecule has 0 atom stereocenters. The number of ether oxygens (including phenoxy) is 2. The Labute approximate surface area is 192 Å². The van der Waals surface area contributed by atoms with Gasteiger partial charge in [-0.25, -0.2) is 27.9 Å². The molecule has 1 saturated carbocycles. The van der Waals surface area contributed by atoms with E-state index < -0.39 is 30.4 Å². The van der Waals surface area contributed by atoms with Crippen LogP contribution in [0.5, 0.6) is 5.88 Å². The minimum absolute atomic E-state index is 0.0806. The zero-order valence-electron chi connectivity index (χ0n) is 18.2. The third-order valence-corrected chi connectivity index (χ3v) is 6.23. The van der Waals surface area contributed by atoms with Gasteiger partial charge in [0.2, 0.25) is 12.3 Å². The van der Waals surface area contributed by atoms with Crippen molar-refractivity contribution < 1.29 is 27.4 Å². The van der Waals surface area contributed by atoms with Gasteiger partial charge in [0.25, 0.3) is 0 Å². The third kappa shape index (κ3) is 3.91. The first-order valence-corrected chi connectivity index (χ1v) is 10.8. The van der Waals surface area contributed by atoms with Crippen LogP contribution in [0.1, 0.15) is 18.4 Å². The minimum Gasteiger partial charge on any atom is -0.474 e. The first-order valence-electron chi connectivity index (χ1n) is 10.8. The van der Waals surface area contributed by atoms with Crippen LogP contribution in [0.25, 0.3) is 21.9 Å². The number of nitrogens with one attached hydrogen (secondary N) is 2. The summed E-state index contributed by atoms with van der Waals surface area (Å²) in [6, 6.07) is 3.15. The number of nitrogens with two attached hydrogens (primary N) is 1. The number of benzene rings is 1. The number of rotatable bonds is 4. The molecule has 4 N–H and O–H groups in total. The molecular formula is C23H22F3N5O3. The van der Waals surface area contributed by atoms with E-state index >= 15 is 4.39 Å². The number of pyridine rings is 2. The highest BCUT2D eigenvalue weighted by Crippen LogP contribution is 2.40. The lowest BCUT2D eigenvalue weighted by molar-refractivity contribution is -0.0478. The maximum Gasteiger partial charge on any atom is 0.413 e. The van der Waals surface area contributed by atoms with Crippen molar-refractivity contribution in [3.05, 3.63) is 35.9 Å². The van der Waals surface area contributed by atoms with Crippen LogP contribution >= 0.6 is 0 Å². The fourth-order valence-electron chi connectivity index (χ4n) is 4.25. The lowest BCUT2D eigenvalue weighted by atomic mass is 9.83. The molecule has 34 heavy (non-hydrogen) atoms. The Hall–Kier alpha value is -3.76. The van der Waals surface area contributed by atoms with Crippen molar-refractivity contribution in [1.82, 2.24) is 9.97 Å². The number of anilines is 3. The van der Waals surface area contributed by atoms with Gasteiger partial charge in [-0.05, 0) is 42.8 Å². The van der Waals surface area contributed by atoms with Crippen molar-refractivity contribution in [2.24, 2.45) is 5.92 Å². The number of fused-ring (bicyclic) bond motifs is 2. The summed E-state index contributed by atoms with van der Waals surface area (Å²) in [7, 11) is 0. The first-order chi connectivity index (χ1) is 16.3. The monoisotopic (exact) mass is 473 g/mol. The predicted octanol–water partition coefficient (Wildman–Crippen LogP) is 4.72. The normalized spacial score (nSPS) is 19.1. The summed E-state index contributed by atoms with van der Waals surface area (Å²) in [5.74, 6) is -0.720. The standard InChI is InChI=1S/C23H22F3N5O3/c1-10-15(8-30-22-20(10)28-2-3-33-22)14-6-11-7-17(29-9-16(11)19(27)18(14)24)31-23(32)34-13-4-12(5-13)21(25)26/h6-9,12-13,21,28H,2-5,27H2,1H3,(H,29,31,32)/t12-,13-. The number of alkyl halides is 2. The number of carbonyl (C=O) groups is 1. The van der Waals surface area contributed by atoms with E-state index in [9.17, 15) is 13.6 Å². The van der Waals surface area contributed by atoms with Gasteiger partial charge in [-0.2, -0.15) is 0 Å². The number of amides is 1. The van der Waals surface area contributed by atoms with Crippen LogP contribution in [-0.2, 0) is 4.74 Å². The highest BCUT2D eigenvalue weighted by Gasteiger charge is 2.38. The van der Waals surface area contributed by atoms with E-state index in [4.69, 9.17) is 15.2 Å². The molecular weight excluding hydrogens is 451 g/mol. The number of carbonyl (C=O) groups excluding carboxylic acids is 1. The summed E-state index contributed by atoms with van der Waals surface area (Å²) >= 11 is 0. The van der Waals surface area contributed by atoms with E-state index in [1.54, 1.807) is 12.1 Å². The second-order valence-corrected chi connectivity index (χ2v) is 8.41.